The van der Waals surface area contributed by atoms with Gasteiger partial charge in [0.1, 0.15) is 49.9 Å². The third kappa shape index (κ3) is 11.0. The van der Waals surface area contributed by atoms with Crippen molar-refractivity contribution in [3.8, 4) is 11.1 Å². The van der Waals surface area contributed by atoms with Crippen LogP contribution < -0.4 is 16.6 Å². The van der Waals surface area contributed by atoms with Gasteiger partial charge in [-0.15, -0.1) is 0 Å². The largest absolute Gasteiger partial charge is 0.462 e. The molecular formula is C55H55N3O12. The zero-order valence-corrected chi connectivity index (χ0v) is 39.1. The summed E-state index contributed by atoms with van der Waals surface area (Å²) in [4.78, 5) is 79.9. The standard InChI is InChI=1S/C55H55N3O12/c1-35(2)50(56-54(64)67-33-44-42-25-15-13-23-40(42)41-24-14-16-26-43(41)44)52(62)66-30-29-65-48(59)27-28-49(60)70-45-31-47(58-32-36(3)51(61)57-53(58)63)69-46(45)34-68-55(37-17-7-4-8-18-37,38-19-9-5-10-20-38)39-21-11-6-12-22-39/h4-26,32,35,44-47,50H,27-31,33-34H2,1-3H3,(H,56,64)(H,57,61,63)/t45-,46+,47+,50-/m0/s1. The molecule has 2 N–H and O–H groups in total. The molecule has 0 unspecified atom stereocenters. The predicted octanol–water partition coefficient (Wildman–Crippen LogP) is 7.48. The molecule has 1 aliphatic carbocycles. The van der Waals surface area contributed by atoms with E-state index < -0.39 is 65.3 Å². The number of benzene rings is 5. The lowest BCUT2D eigenvalue weighted by Gasteiger charge is -2.37. The maximum absolute atomic E-state index is 13.4. The molecule has 2 heterocycles. The second-order valence-corrected chi connectivity index (χ2v) is 17.5. The minimum atomic E-state index is -1.14. The van der Waals surface area contributed by atoms with E-state index >= 15 is 0 Å². The summed E-state index contributed by atoms with van der Waals surface area (Å²) in [5.41, 5.74) is 4.71. The Hall–Kier alpha value is -7.62. The van der Waals surface area contributed by atoms with Gasteiger partial charge in [0, 0.05) is 24.1 Å². The number of carbonyl (C=O) groups excluding carboxylic acids is 4. The van der Waals surface area contributed by atoms with Crippen LogP contribution in [0.4, 0.5) is 4.79 Å². The number of rotatable bonds is 19. The number of fused-ring (bicyclic) bond motifs is 3. The third-order valence-electron chi connectivity index (χ3n) is 12.6. The molecule has 5 aromatic carbocycles. The van der Waals surface area contributed by atoms with E-state index in [0.717, 1.165) is 38.9 Å². The molecule has 70 heavy (non-hydrogen) atoms. The van der Waals surface area contributed by atoms with Gasteiger partial charge in [-0.05, 0) is 51.8 Å². The Labute approximate surface area is 404 Å². The van der Waals surface area contributed by atoms with Crippen LogP contribution in [-0.2, 0) is 48.4 Å². The van der Waals surface area contributed by atoms with Gasteiger partial charge in [-0.2, -0.15) is 0 Å². The second kappa shape index (κ2) is 22.2. The molecule has 1 fully saturated rings. The summed E-state index contributed by atoms with van der Waals surface area (Å²) in [6.45, 7) is 4.43. The van der Waals surface area contributed by atoms with E-state index in [9.17, 15) is 28.8 Å². The lowest BCUT2D eigenvalue weighted by molar-refractivity contribution is -0.159. The van der Waals surface area contributed by atoms with Gasteiger partial charge in [0.15, 0.2) is 0 Å². The number of nitrogens with one attached hydrogen (secondary N) is 2. The fourth-order valence-electron chi connectivity index (χ4n) is 9.08. The van der Waals surface area contributed by atoms with Crippen LogP contribution in [0, 0.1) is 12.8 Å². The van der Waals surface area contributed by atoms with Crippen LogP contribution in [0.5, 0.6) is 0 Å². The first-order valence-corrected chi connectivity index (χ1v) is 23.3. The molecule has 8 rings (SSSR count). The highest BCUT2D eigenvalue weighted by Gasteiger charge is 2.44. The van der Waals surface area contributed by atoms with Gasteiger partial charge in [-0.25, -0.2) is 14.4 Å². The number of hydrogen-bond donors (Lipinski definition) is 2. The number of H-pyrrole nitrogens is 1. The van der Waals surface area contributed by atoms with Gasteiger partial charge in [0.05, 0.1) is 19.4 Å². The first kappa shape index (κ1) is 48.8. The minimum absolute atomic E-state index is 0.0313. The number of aryl methyl sites for hydroxylation is 1. The molecule has 15 heteroatoms. The average molecular weight is 950 g/mol. The molecular weight excluding hydrogens is 895 g/mol. The molecule has 2 aliphatic rings. The lowest BCUT2D eigenvalue weighted by Crippen LogP contribution is -2.46. The third-order valence-corrected chi connectivity index (χ3v) is 12.6. The summed E-state index contributed by atoms with van der Waals surface area (Å²) in [5.74, 6) is -2.70. The van der Waals surface area contributed by atoms with Crippen molar-refractivity contribution < 1.29 is 47.6 Å². The highest BCUT2D eigenvalue weighted by atomic mass is 16.6. The molecule has 1 aromatic heterocycles. The molecule has 0 bridgehead atoms. The fourth-order valence-corrected chi connectivity index (χ4v) is 9.08. The summed E-state index contributed by atoms with van der Waals surface area (Å²) in [7, 11) is 0. The zero-order valence-electron chi connectivity index (χ0n) is 39.1. The number of hydrogen-bond acceptors (Lipinski definition) is 12. The lowest BCUT2D eigenvalue weighted by atomic mass is 9.80. The van der Waals surface area contributed by atoms with Crippen LogP contribution in [0.1, 0.15) is 78.6 Å². The first-order valence-electron chi connectivity index (χ1n) is 23.3. The number of aromatic nitrogens is 2. The van der Waals surface area contributed by atoms with Gasteiger partial charge in [0.25, 0.3) is 5.56 Å². The molecule has 0 saturated carbocycles. The van der Waals surface area contributed by atoms with Gasteiger partial charge < -0.3 is 33.7 Å². The Kier molecular flexibility index (Phi) is 15.5. The predicted molar refractivity (Wildman–Crippen MR) is 258 cm³/mol. The van der Waals surface area contributed by atoms with Crippen LogP contribution in [0.15, 0.2) is 155 Å². The molecule has 1 aliphatic heterocycles. The average Bonchev–Trinajstić information content (AvgIpc) is 3.93. The number of nitrogens with zero attached hydrogens (tertiary/aromatic N) is 1. The van der Waals surface area contributed by atoms with Crippen molar-refractivity contribution in [2.45, 2.75) is 76.0 Å². The Morgan fingerprint density at radius 1 is 0.700 bits per heavy atom. The summed E-state index contributed by atoms with van der Waals surface area (Å²) >= 11 is 0. The maximum atomic E-state index is 13.4. The number of ether oxygens (including phenoxy) is 6. The topological polar surface area (TPSA) is 191 Å². The summed E-state index contributed by atoms with van der Waals surface area (Å²) in [6.07, 6.45) is -2.83. The van der Waals surface area contributed by atoms with Crippen LogP contribution in [-0.4, -0.2) is 78.2 Å². The summed E-state index contributed by atoms with van der Waals surface area (Å²) in [5, 5.41) is 2.62. The molecule has 0 spiro atoms. The van der Waals surface area contributed by atoms with Crippen LogP contribution in [0.3, 0.4) is 0 Å². The quantitative estimate of drug-likeness (QED) is 0.0353. The monoisotopic (exact) mass is 949 g/mol. The van der Waals surface area contributed by atoms with E-state index in [2.05, 4.69) is 10.3 Å². The van der Waals surface area contributed by atoms with Gasteiger partial charge >= 0.3 is 29.7 Å². The summed E-state index contributed by atoms with van der Waals surface area (Å²) in [6, 6.07) is 44.0. The van der Waals surface area contributed by atoms with Gasteiger partial charge in [0.2, 0.25) is 0 Å². The molecule has 0 radical (unpaired) electrons. The van der Waals surface area contributed by atoms with Crippen LogP contribution in [0.25, 0.3) is 11.1 Å². The van der Waals surface area contributed by atoms with Crippen molar-refractivity contribution in [3.05, 3.63) is 200 Å². The molecule has 362 valence electrons. The van der Waals surface area contributed by atoms with Crippen molar-refractivity contribution in [1.29, 1.82) is 0 Å². The van der Waals surface area contributed by atoms with Crippen molar-refractivity contribution in [2.75, 3.05) is 26.4 Å². The van der Waals surface area contributed by atoms with Crippen molar-refractivity contribution in [3.63, 3.8) is 0 Å². The molecule has 6 aromatic rings. The van der Waals surface area contributed by atoms with E-state index in [4.69, 9.17) is 28.4 Å². The zero-order chi connectivity index (χ0) is 49.2. The van der Waals surface area contributed by atoms with Crippen molar-refractivity contribution in [2.24, 2.45) is 5.92 Å². The van der Waals surface area contributed by atoms with Crippen molar-refractivity contribution >= 4 is 24.0 Å². The molecule has 1 saturated heterocycles. The second-order valence-electron chi connectivity index (χ2n) is 17.5. The molecule has 1 amide bonds. The number of esters is 3. The Morgan fingerprint density at radius 3 is 1.80 bits per heavy atom. The van der Waals surface area contributed by atoms with E-state index in [1.54, 1.807) is 20.8 Å². The van der Waals surface area contributed by atoms with Gasteiger partial charge in [-0.3, -0.25) is 23.9 Å². The Bertz CT molecular complexity index is 2760. The minimum Gasteiger partial charge on any atom is -0.462 e. The molecule has 4 atom stereocenters. The number of aromatic amines is 1. The fraction of sp³-hybridized carbons (Fsp3) is 0.309. The number of alkyl carbamates (subject to hydrolysis) is 1. The number of carbonyl (C=O) groups is 4. The Morgan fingerprint density at radius 2 is 1.23 bits per heavy atom. The van der Waals surface area contributed by atoms with Crippen molar-refractivity contribution in [1.82, 2.24) is 14.9 Å². The summed E-state index contributed by atoms with van der Waals surface area (Å²) < 4.78 is 36.9. The normalized spacial score (nSPS) is 16.7. The maximum Gasteiger partial charge on any atom is 0.407 e. The van der Waals surface area contributed by atoms with E-state index in [1.807, 2.05) is 140 Å². The van der Waals surface area contributed by atoms with Crippen LogP contribution >= 0.6 is 0 Å². The van der Waals surface area contributed by atoms with E-state index in [-0.39, 0.29) is 63.1 Å². The Balaban J connectivity index is 0.857. The van der Waals surface area contributed by atoms with Crippen LogP contribution in [0.2, 0.25) is 0 Å². The van der Waals surface area contributed by atoms with E-state index in [0.29, 0.717) is 0 Å². The van der Waals surface area contributed by atoms with E-state index in [1.165, 1.54) is 10.8 Å². The van der Waals surface area contributed by atoms with Gasteiger partial charge in [-0.1, -0.05) is 153 Å². The SMILES string of the molecule is Cc1cn([C@H]2C[C@H](OC(=O)CCC(=O)OCCOC(=O)[C@@H](NC(=O)OCC3c4ccccc4-c4ccccc43)C(C)C)[C@@H](COC(c3ccccc3)(c3ccccc3)c3ccccc3)O2)c(=O)[nH]c1=O. The highest BCUT2D eigenvalue weighted by molar-refractivity contribution is 5.82. The first-order chi connectivity index (χ1) is 33.9. The highest BCUT2D eigenvalue weighted by Crippen LogP contribution is 2.45. The number of amides is 1. The molecule has 15 nitrogen and oxygen atoms in total. The smallest absolute Gasteiger partial charge is 0.407 e.